The van der Waals surface area contributed by atoms with Crippen molar-refractivity contribution >= 4 is 5.69 Å². The highest BCUT2D eigenvalue weighted by Crippen LogP contribution is 2.18. The number of hydrogen-bond donors (Lipinski definition) is 2. The molecule has 0 aromatic heterocycles. The van der Waals surface area contributed by atoms with Crippen molar-refractivity contribution in [2.24, 2.45) is 0 Å². The van der Waals surface area contributed by atoms with E-state index >= 15 is 0 Å². The molecule has 5 nitrogen and oxygen atoms in total. The summed E-state index contributed by atoms with van der Waals surface area (Å²) in [6.07, 6.45) is 0. The molecule has 82 valence electrons. The molecule has 1 aromatic carbocycles. The lowest BCUT2D eigenvalue weighted by Crippen LogP contribution is -2.17. The van der Waals surface area contributed by atoms with Gasteiger partial charge in [0.25, 0.3) is 5.69 Å². The van der Waals surface area contributed by atoms with E-state index in [2.05, 4.69) is 5.32 Å². The SMILES string of the molecule is Cc1cc(CNCCO)ccc1[N+](=O)[O-]. The molecule has 15 heavy (non-hydrogen) atoms. The molecule has 0 radical (unpaired) electrons. The molecule has 5 heteroatoms. The summed E-state index contributed by atoms with van der Waals surface area (Å²) in [4.78, 5) is 10.2. The second-order valence-electron chi connectivity index (χ2n) is 3.28. The summed E-state index contributed by atoms with van der Waals surface area (Å²) in [5, 5.41) is 22.1. The fraction of sp³-hybridized carbons (Fsp3) is 0.400. The maximum absolute atomic E-state index is 10.6. The monoisotopic (exact) mass is 210 g/mol. The number of nitrogens with one attached hydrogen (secondary N) is 1. The Hall–Kier alpha value is -1.46. The van der Waals surface area contributed by atoms with Gasteiger partial charge in [-0.2, -0.15) is 0 Å². The molecule has 0 atom stereocenters. The molecule has 0 aliphatic heterocycles. The van der Waals surface area contributed by atoms with Crippen LogP contribution in [0.15, 0.2) is 18.2 Å². The fourth-order valence-electron chi connectivity index (χ4n) is 1.34. The molecule has 0 spiro atoms. The molecule has 0 aliphatic carbocycles. The molecule has 2 N–H and O–H groups in total. The first-order valence-corrected chi connectivity index (χ1v) is 4.70. The Balaban J connectivity index is 2.69. The molecule has 0 unspecified atom stereocenters. The maximum Gasteiger partial charge on any atom is 0.272 e. The van der Waals surface area contributed by atoms with Crippen LogP contribution < -0.4 is 5.32 Å². The number of nitro groups is 1. The number of nitro benzene ring substituents is 1. The standard InChI is InChI=1S/C10H14N2O3/c1-8-6-9(7-11-4-5-13)2-3-10(8)12(14)15/h2-3,6,11,13H,4-5,7H2,1H3. The lowest BCUT2D eigenvalue weighted by atomic mass is 10.1. The van der Waals surface area contributed by atoms with Gasteiger partial charge in [-0.25, -0.2) is 0 Å². The van der Waals surface area contributed by atoms with Crippen LogP contribution in [0, 0.1) is 17.0 Å². The minimum absolute atomic E-state index is 0.0892. The van der Waals surface area contributed by atoms with Gasteiger partial charge in [0.05, 0.1) is 11.5 Å². The average molecular weight is 210 g/mol. The van der Waals surface area contributed by atoms with Crippen molar-refractivity contribution in [2.45, 2.75) is 13.5 Å². The lowest BCUT2D eigenvalue weighted by molar-refractivity contribution is -0.385. The normalized spacial score (nSPS) is 10.3. The van der Waals surface area contributed by atoms with Crippen LogP contribution in [0.5, 0.6) is 0 Å². The van der Waals surface area contributed by atoms with Crippen LogP contribution >= 0.6 is 0 Å². The van der Waals surface area contributed by atoms with Crippen LogP contribution in [-0.2, 0) is 6.54 Å². The van der Waals surface area contributed by atoms with Gasteiger partial charge in [-0.1, -0.05) is 6.07 Å². The fourth-order valence-corrected chi connectivity index (χ4v) is 1.34. The third-order valence-electron chi connectivity index (χ3n) is 2.08. The van der Waals surface area contributed by atoms with E-state index < -0.39 is 0 Å². The summed E-state index contributed by atoms with van der Waals surface area (Å²) < 4.78 is 0. The minimum Gasteiger partial charge on any atom is -0.395 e. The zero-order valence-electron chi connectivity index (χ0n) is 8.56. The van der Waals surface area contributed by atoms with Crippen molar-refractivity contribution in [2.75, 3.05) is 13.2 Å². The van der Waals surface area contributed by atoms with Crippen LogP contribution in [-0.4, -0.2) is 23.2 Å². The Bertz CT molecular complexity index is 353. The van der Waals surface area contributed by atoms with E-state index in [4.69, 9.17) is 5.11 Å². The number of benzene rings is 1. The van der Waals surface area contributed by atoms with Crippen molar-refractivity contribution in [3.05, 3.63) is 39.4 Å². The number of rotatable bonds is 5. The predicted octanol–water partition coefficient (Wildman–Crippen LogP) is 0.985. The molecular weight excluding hydrogens is 196 g/mol. The molecule has 0 saturated heterocycles. The van der Waals surface area contributed by atoms with Gasteiger partial charge in [0.2, 0.25) is 0 Å². The molecule has 0 heterocycles. The van der Waals surface area contributed by atoms with Gasteiger partial charge in [-0.3, -0.25) is 10.1 Å². The smallest absolute Gasteiger partial charge is 0.272 e. The zero-order chi connectivity index (χ0) is 11.3. The first-order valence-electron chi connectivity index (χ1n) is 4.70. The Kier molecular flexibility index (Phi) is 4.20. The quantitative estimate of drug-likeness (QED) is 0.431. The maximum atomic E-state index is 10.6. The number of hydrogen-bond acceptors (Lipinski definition) is 4. The van der Waals surface area contributed by atoms with Gasteiger partial charge in [-0.15, -0.1) is 0 Å². The van der Waals surface area contributed by atoms with Crippen LogP contribution in [0.25, 0.3) is 0 Å². The number of aliphatic hydroxyl groups excluding tert-OH is 1. The molecule has 0 aliphatic rings. The summed E-state index contributed by atoms with van der Waals surface area (Å²) in [6.45, 7) is 2.94. The van der Waals surface area contributed by atoms with Crippen molar-refractivity contribution in [3.8, 4) is 0 Å². The molecule has 0 amide bonds. The van der Waals surface area contributed by atoms with E-state index in [0.29, 0.717) is 18.7 Å². The van der Waals surface area contributed by atoms with Crippen molar-refractivity contribution in [1.29, 1.82) is 0 Å². The van der Waals surface area contributed by atoms with Gasteiger partial charge in [0, 0.05) is 24.7 Å². The first-order chi connectivity index (χ1) is 7.15. The summed E-state index contributed by atoms with van der Waals surface area (Å²) in [6, 6.07) is 5.00. The summed E-state index contributed by atoms with van der Waals surface area (Å²) in [5.41, 5.74) is 1.77. The van der Waals surface area contributed by atoms with Crippen molar-refractivity contribution in [3.63, 3.8) is 0 Å². The zero-order valence-corrected chi connectivity index (χ0v) is 8.56. The molecule has 0 bridgehead atoms. The molecule has 0 saturated carbocycles. The van der Waals surface area contributed by atoms with E-state index in [1.54, 1.807) is 19.1 Å². The van der Waals surface area contributed by atoms with Crippen LogP contribution in [0.1, 0.15) is 11.1 Å². The minimum atomic E-state index is -0.389. The number of aryl methyl sites for hydroxylation is 1. The second-order valence-corrected chi connectivity index (χ2v) is 3.28. The van der Waals surface area contributed by atoms with Gasteiger partial charge >= 0.3 is 0 Å². The van der Waals surface area contributed by atoms with Crippen molar-refractivity contribution in [1.82, 2.24) is 5.32 Å². The van der Waals surface area contributed by atoms with E-state index in [1.165, 1.54) is 6.07 Å². The van der Waals surface area contributed by atoms with E-state index in [0.717, 1.165) is 5.56 Å². The van der Waals surface area contributed by atoms with Gasteiger partial charge in [0.15, 0.2) is 0 Å². The number of nitrogens with zero attached hydrogens (tertiary/aromatic N) is 1. The molecule has 1 aromatic rings. The summed E-state index contributed by atoms with van der Waals surface area (Å²) >= 11 is 0. The Labute approximate surface area is 87.9 Å². The summed E-state index contributed by atoms with van der Waals surface area (Å²) in [7, 11) is 0. The lowest BCUT2D eigenvalue weighted by Gasteiger charge is -2.04. The third kappa shape index (κ3) is 3.30. The van der Waals surface area contributed by atoms with Crippen LogP contribution in [0.2, 0.25) is 0 Å². The van der Waals surface area contributed by atoms with Gasteiger partial charge in [0.1, 0.15) is 0 Å². The topological polar surface area (TPSA) is 75.4 Å². The Morgan fingerprint density at radius 1 is 1.53 bits per heavy atom. The van der Waals surface area contributed by atoms with Gasteiger partial charge in [-0.05, 0) is 18.6 Å². The second kappa shape index (κ2) is 5.43. The highest BCUT2D eigenvalue weighted by Gasteiger charge is 2.09. The molecule has 1 rings (SSSR count). The van der Waals surface area contributed by atoms with Crippen LogP contribution in [0.4, 0.5) is 5.69 Å². The van der Waals surface area contributed by atoms with Gasteiger partial charge < -0.3 is 10.4 Å². The van der Waals surface area contributed by atoms with Crippen LogP contribution in [0.3, 0.4) is 0 Å². The summed E-state index contributed by atoms with van der Waals surface area (Å²) in [5.74, 6) is 0. The first kappa shape index (κ1) is 11.6. The Morgan fingerprint density at radius 3 is 2.80 bits per heavy atom. The van der Waals surface area contributed by atoms with E-state index in [1.807, 2.05) is 0 Å². The predicted molar refractivity (Wildman–Crippen MR) is 56.6 cm³/mol. The van der Waals surface area contributed by atoms with E-state index in [9.17, 15) is 10.1 Å². The molecule has 0 fully saturated rings. The number of aliphatic hydroxyl groups is 1. The van der Waals surface area contributed by atoms with Crippen molar-refractivity contribution < 1.29 is 10.0 Å². The highest BCUT2D eigenvalue weighted by atomic mass is 16.6. The highest BCUT2D eigenvalue weighted by molar-refractivity contribution is 5.41. The van der Waals surface area contributed by atoms with E-state index in [-0.39, 0.29) is 17.2 Å². The third-order valence-corrected chi connectivity index (χ3v) is 2.08. The molecular formula is C10H14N2O3. The average Bonchev–Trinajstić information content (AvgIpc) is 2.17. The largest absolute Gasteiger partial charge is 0.395 e. The Morgan fingerprint density at radius 2 is 2.27 bits per heavy atom.